The van der Waals surface area contributed by atoms with Crippen LogP contribution >= 0.6 is 0 Å². The minimum atomic E-state index is 0.730. The van der Waals surface area contributed by atoms with Crippen LogP contribution in [0.3, 0.4) is 0 Å². The zero-order valence-electron chi connectivity index (χ0n) is 11.5. The smallest absolute Gasteiger partial charge is 0.0173 e. The first-order chi connectivity index (χ1) is 8.22. The van der Waals surface area contributed by atoms with Gasteiger partial charge in [0.15, 0.2) is 0 Å². The number of rotatable bonds is 2. The third kappa shape index (κ3) is 1.31. The molecule has 0 aromatic carbocycles. The summed E-state index contributed by atoms with van der Waals surface area (Å²) in [4.78, 5) is 0. The van der Waals surface area contributed by atoms with Gasteiger partial charge in [0.05, 0.1) is 0 Å². The molecule has 1 radical (unpaired) electrons. The fourth-order valence-corrected chi connectivity index (χ4v) is 6.71. The Morgan fingerprint density at radius 2 is 2.00 bits per heavy atom. The molecule has 0 nitrogen and oxygen atoms in total. The Labute approximate surface area is 107 Å². The Morgan fingerprint density at radius 1 is 1.12 bits per heavy atom. The summed E-state index contributed by atoms with van der Waals surface area (Å²) in [7, 11) is 0. The minimum Gasteiger partial charge on any atom is -0.0648 e. The molecule has 0 spiro atoms. The lowest BCUT2D eigenvalue weighted by atomic mass is 9.58. The first kappa shape index (κ1) is 10.9. The topological polar surface area (TPSA) is 0 Å². The van der Waals surface area contributed by atoms with Gasteiger partial charge in [-0.15, -0.1) is 0 Å². The molecule has 0 aromatic rings. The van der Waals surface area contributed by atoms with E-state index in [-0.39, 0.29) is 0 Å². The molecule has 4 saturated carbocycles. The second-order valence-electron chi connectivity index (χ2n) is 7.76. The highest BCUT2D eigenvalue weighted by atomic mass is 14.6. The third-order valence-electron chi connectivity index (χ3n) is 7.19. The standard InChI is InChI=1S/C17H27/c1-3-15-12-5-6-13(9-12)16(15)17(2)10-11-4-7-14(17)8-11/h11-14,16H,3-10H2,1-2H3. The molecule has 4 aliphatic rings. The minimum absolute atomic E-state index is 0.730. The van der Waals surface area contributed by atoms with Crippen LogP contribution in [0.25, 0.3) is 0 Å². The first-order valence-corrected chi connectivity index (χ1v) is 8.08. The van der Waals surface area contributed by atoms with E-state index < -0.39 is 0 Å². The van der Waals surface area contributed by atoms with Gasteiger partial charge in [-0.1, -0.05) is 20.3 Å². The van der Waals surface area contributed by atoms with Crippen molar-refractivity contribution in [1.82, 2.24) is 0 Å². The molecule has 6 atom stereocenters. The fourth-order valence-electron chi connectivity index (χ4n) is 6.71. The van der Waals surface area contributed by atoms with Crippen molar-refractivity contribution < 1.29 is 0 Å². The summed E-state index contributed by atoms with van der Waals surface area (Å²) in [5, 5.41) is 0. The van der Waals surface area contributed by atoms with Crippen molar-refractivity contribution >= 4 is 0 Å². The van der Waals surface area contributed by atoms with Crippen LogP contribution in [0, 0.1) is 40.9 Å². The molecule has 4 fully saturated rings. The number of hydrogen-bond acceptors (Lipinski definition) is 0. The zero-order chi connectivity index (χ0) is 11.6. The molecule has 0 saturated heterocycles. The van der Waals surface area contributed by atoms with Crippen LogP contribution in [0.2, 0.25) is 0 Å². The van der Waals surface area contributed by atoms with E-state index in [9.17, 15) is 0 Å². The maximum atomic E-state index is 2.68. The lowest BCUT2D eigenvalue weighted by Gasteiger charge is -2.47. The van der Waals surface area contributed by atoms with Gasteiger partial charge in [0.2, 0.25) is 0 Å². The van der Waals surface area contributed by atoms with Crippen LogP contribution in [0.5, 0.6) is 0 Å². The highest BCUT2D eigenvalue weighted by Crippen LogP contribution is 2.68. The van der Waals surface area contributed by atoms with Gasteiger partial charge in [-0.2, -0.15) is 0 Å². The van der Waals surface area contributed by atoms with Crippen LogP contribution in [0.1, 0.15) is 65.2 Å². The van der Waals surface area contributed by atoms with Crippen LogP contribution in [-0.4, -0.2) is 0 Å². The van der Waals surface area contributed by atoms with E-state index in [2.05, 4.69) is 13.8 Å². The maximum absolute atomic E-state index is 2.68. The van der Waals surface area contributed by atoms with Crippen LogP contribution in [-0.2, 0) is 0 Å². The van der Waals surface area contributed by atoms with Crippen molar-refractivity contribution in [2.45, 2.75) is 65.2 Å². The summed E-state index contributed by atoms with van der Waals surface area (Å²) < 4.78 is 0. The largest absolute Gasteiger partial charge is 0.0648 e. The normalized spacial score (nSPS) is 57.2. The molecular formula is C17H27. The summed E-state index contributed by atoms with van der Waals surface area (Å²) in [6.45, 7) is 5.11. The Hall–Kier alpha value is 0. The van der Waals surface area contributed by atoms with Gasteiger partial charge in [-0.3, -0.25) is 0 Å². The summed E-state index contributed by atoms with van der Waals surface area (Å²) in [5.41, 5.74) is 0.730. The van der Waals surface area contributed by atoms with Gasteiger partial charge in [-0.25, -0.2) is 0 Å². The van der Waals surface area contributed by atoms with Crippen molar-refractivity contribution in [3.05, 3.63) is 5.92 Å². The molecule has 17 heavy (non-hydrogen) atoms. The molecule has 4 aliphatic carbocycles. The maximum Gasteiger partial charge on any atom is -0.0173 e. The first-order valence-electron chi connectivity index (χ1n) is 8.08. The summed E-state index contributed by atoms with van der Waals surface area (Å²) >= 11 is 0. The van der Waals surface area contributed by atoms with E-state index >= 15 is 0 Å². The average Bonchev–Trinajstić information content (AvgIpc) is 3.05. The highest BCUT2D eigenvalue weighted by molar-refractivity contribution is 5.20. The predicted octanol–water partition coefficient (Wildman–Crippen LogP) is 4.84. The lowest BCUT2D eigenvalue weighted by Crippen LogP contribution is -2.39. The van der Waals surface area contributed by atoms with Crippen molar-refractivity contribution in [2.75, 3.05) is 0 Å². The van der Waals surface area contributed by atoms with Crippen molar-refractivity contribution in [3.63, 3.8) is 0 Å². The van der Waals surface area contributed by atoms with E-state index in [0.29, 0.717) is 0 Å². The SMILES string of the molecule is CC[C]1C2CCC(C2)C1C1(C)CC2CCC1C2. The zero-order valence-corrected chi connectivity index (χ0v) is 11.5. The van der Waals surface area contributed by atoms with Gasteiger partial charge < -0.3 is 0 Å². The van der Waals surface area contributed by atoms with E-state index in [4.69, 9.17) is 0 Å². The van der Waals surface area contributed by atoms with E-state index in [1.807, 2.05) is 5.92 Å². The second kappa shape index (κ2) is 3.52. The van der Waals surface area contributed by atoms with Crippen LogP contribution < -0.4 is 0 Å². The molecule has 0 heteroatoms. The molecule has 4 rings (SSSR count). The van der Waals surface area contributed by atoms with E-state index in [1.54, 1.807) is 38.5 Å². The number of fused-ring (bicyclic) bond motifs is 4. The molecule has 0 aromatic heterocycles. The Balaban J connectivity index is 1.65. The molecule has 0 N–H and O–H groups in total. The lowest BCUT2D eigenvalue weighted by molar-refractivity contribution is 0.0673. The van der Waals surface area contributed by atoms with Crippen LogP contribution in [0.4, 0.5) is 0 Å². The van der Waals surface area contributed by atoms with Crippen LogP contribution in [0.15, 0.2) is 0 Å². The third-order valence-corrected chi connectivity index (χ3v) is 7.19. The van der Waals surface area contributed by atoms with Gasteiger partial charge in [-0.05, 0) is 85.9 Å². The van der Waals surface area contributed by atoms with Crippen molar-refractivity contribution in [1.29, 1.82) is 0 Å². The fraction of sp³-hybridized carbons (Fsp3) is 0.941. The number of hydrogen-bond donors (Lipinski definition) is 0. The quantitative estimate of drug-likeness (QED) is 0.637. The van der Waals surface area contributed by atoms with Gasteiger partial charge in [0.1, 0.15) is 0 Å². The van der Waals surface area contributed by atoms with E-state index in [0.717, 1.165) is 35.0 Å². The highest BCUT2D eigenvalue weighted by Gasteiger charge is 2.60. The monoisotopic (exact) mass is 231 g/mol. The average molecular weight is 231 g/mol. The van der Waals surface area contributed by atoms with Gasteiger partial charge in [0, 0.05) is 0 Å². The van der Waals surface area contributed by atoms with Gasteiger partial charge in [0.25, 0.3) is 0 Å². The van der Waals surface area contributed by atoms with Crippen molar-refractivity contribution in [3.8, 4) is 0 Å². The molecule has 6 unspecified atom stereocenters. The molecule has 4 bridgehead atoms. The molecule has 0 amide bonds. The summed E-state index contributed by atoms with van der Waals surface area (Å²) in [5.74, 6) is 7.41. The second-order valence-corrected chi connectivity index (χ2v) is 7.76. The molecule has 0 heterocycles. The Bertz CT molecular complexity index is 320. The summed E-state index contributed by atoms with van der Waals surface area (Å²) in [6, 6.07) is 0. The summed E-state index contributed by atoms with van der Waals surface area (Å²) in [6.07, 6.45) is 12.3. The molecule has 95 valence electrons. The Kier molecular flexibility index (Phi) is 2.25. The van der Waals surface area contributed by atoms with E-state index in [1.165, 1.54) is 12.8 Å². The molecular weight excluding hydrogens is 204 g/mol. The Morgan fingerprint density at radius 3 is 2.65 bits per heavy atom. The predicted molar refractivity (Wildman–Crippen MR) is 71.4 cm³/mol. The molecule has 0 aliphatic heterocycles. The van der Waals surface area contributed by atoms with Gasteiger partial charge >= 0.3 is 0 Å². The van der Waals surface area contributed by atoms with Crippen molar-refractivity contribution in [2.24, 2.45) is 35.0 Å².